The Labute approximate surface area is 185 Å². The SMILES string of the molecule is N#Cc1ccc(Cl)cc1NC(=O)C(=O)NCCCN1CCN(c2ccccc2F)CC1. The number of piperazine rings is 1. The highest BCUT2D eigenvalue weighted by molar-refractivity contribution is 6.40. The van der Waals surface area contributed by atoms with Crippen molar-refractivity contribution in [3.63, 3.8) is 0 Å². The number of carbonyl (C=O) groups is 2. The van der Waals surface area contributed by atoms with Gasteiger partial charge in [-0.1, -0.05) is 23.7 Å². The van der Waals surface area contributed by atoms with E-state index in [-0.39, 0.29) is 17.1 Å². The third-order valence-electron chi connectivity index (χ3n) is 5.06. The molecule has 1 saturated heterocycles. The lowest BCUT2D eigenvalue weighted by Gasteiger charge is -2.36. The Hall–Kier alpha value is -3.15. The van der Waals surface area contributed by atoms with E-state index in [0.29, 0.717) is 23.7 Å². The number of hydrogen-bond acceptors (Lipinski definition) is 5. The third kappa shape index (κ3) is 6.17. The second-order valence-electron chi connectivity index (χ2n) is 7.15. The van der Waals surface area contributed by atoms with E-state index in [9.17, 15) is 14.0 Å². The molecule has 7 nitrogen and oxygen atoms in total. The number of carbonyl (C=O) groups excluding carboxylic acids is 2. The van der Waals surface area contributed by atoms with Gasteiger partial charge in [0.05, 0.1) is 16.9 Å². The number of benzene rings is 2. The summed E-state index contributed by atoms with van der Waals surface area (Å²) in [4.78, 5) is 28.4. The van der Waals surface area contributed by atoms with Crippen molar-refractivity contribution < 1.29 is 14.0 Å². The summed E-state index contributed by atoms with van der Waals surface area (Å²) in [5, 5.41) is 14.4. The Bertz CT molecular complexity index is 986. The van der Waals surface area contributed by atoms with Crippen LogP contribution in [-0.4, -0.2) is 56.0 Å². The lowest BCUT2D eigenvalue weighted by molar-refractivity contribution is -0.136. The molecule has 0 saturated carbocycles. The summed E-state index contributed by atoms with van der Waals surface area (Å²) in [6.07, 6.45) is 0.680. The molecule has 0 spiro atoms. The number of nitriles is 1. The molecule has 0 bridgehead atoms. The second-order valence-corrected chi connectivity index (χ2v) is 7.58. The van der Waals surface area contributed by atoms with Crippen molar-refractivity contribution >= 4 is 34.8 Å². The van der Waals surface area contributed by atoms with Crippen LogP contribution in [-0.2, 0) is 9.59 Å². The van der Waals surface area contributed by atoms with Gasteiger partial charge < -0.3 is 15.5 Å². The minimum absolute atomic E-state index is 0.197. The maximum Gasteiger partial charge on any atom is 0.313 e. The molecule has 162 valence electrons. The van der Waals surface area contributed by atoms with Crippen molar-refractivity contribution in [1.82, 2.24) is 10.2 Å². The van der Waals surface area contributed by atoms with Crippen LogP contribution in [0.5, 0.6) is 0 Å². The number of rotatable bonds is 6. The van der Waals surface area contributed by atoms with Crippen LogP contribution in [0.25, 0.3) is 0 Å². The molecule has 2 aromatic rings. The molecule has 1 fully saturated rings. The van der Waals surface area contributed by atoms with Crippen molar-refractivity contribution in [3.8, 4) is 6.07 Å². The summed E-state index contributed by atoms with van der Waals surface area (Å²) < 4.78 is 13.9. The van der Waals surface area contributed by atoms with Crippen LogP contribution >= 0.6 is 11.6 Å². The Balaban J connectivity index is 1.37. The number of amides is 2. The molecule has 0 aliphatic carbocycles. The topological polar surface area (TPSA) is 88.5 Å². The molecule has 2 N–H and O–H groups in total. The van der Waals surface area contributed by atoms with Gasteiger partial charge in [0.2, 0.25) is 0 Å². The smallest absolute Gasteiger partial charge is 0.313 e. The molecule has 1 heterocycles. The van der Waals surface area contributed by atoms with Gasteiger partial charge in [-0.3, -0.25) is 14.5 Å². The van der Waals surface area contributed by atoms with Crippen molar-refractivity contribution in [2.24, 2.45) is 0 Å². The molecule has 0 radical (unpaired) electrons. The van der Waals surface area contributed by atoms with Gasteiger partial charge in [0, 0.05) is 37.7 Å². The highest BCUT2D eigenvalue weighted by Gasteiger charge is 2.19. The number of nitrogens with one attached hydrogen (secondary N) is 2. The molecule has 2 amide bonds. The Morgan fingerprint density at radius 1 is 1.10 bits per heavy atom. The van der Waals surface area contributed by atoms with Crippen molar-refractivity contribution in [2.45, 2.75) is 6.42 Å². The first kappa shape index (κ1) is 22.5. The first-order valence-corrected chi connectivity index (χ1v) is 10.4. The van der Waals surface area contributed by atoms with Gasteiger partial charge in [0.25, 0.3) is 0 Å². The Morgan fingerprint density at radius 3 is 2.55 bits per heavy atom. The predicted octanol–water partition coefficient (Wildman–Crippen LogP) is 2.62. The third-order valence-corrected chi connectivity index (χ3v) is 5.29. The van der Waals surface area contributed by atoms with Crippen LogP contribution in [0.2, 0.25) is 5.02 Å². The van der Waals surface area contributed by atoms with Crippen LogP contribution in [0, 0.1) is 17.1 Å². The fourth-order valence-electron chi connectivity index (χ4n) is 3.40. The van der Waals surface area contributed by atoms with Crippen molar-refractivity contribution in [3.05, 3.63) is 58.9 Å². The van der Waals surface area contributed by atoms with Gasteiger partial charge in [-0.15, -0.1) is 0 Å². The fourth-order valence-corrected chi connectivity index (χ4v) is 3.57. The number of hydrogen-bond donors (Lipinski definition) is 2. The molecule has 0 atom stereocenters. The molecular weight excluding hydrogens is 421 g/mol. The Kier molecular flexibility index (Phi) is 7.82. The van der Waals surface area contributed by atoms with E-state index in [2.05, 4.69) is 15.5 Å². The zero-order chi connectivity index (χ0) is 22.2. The summed E-state index contributed by atoms with van der Waals surface area (Å²) in [5.74, 6) is -1.83. The average molecular weight is 444 g/mol. The van der Waals surface area contributed by atoms with E-state index >= 15 is 0 Å². The summed E-state index contributed by atoms with van der Waals surface area (Å²) in [5.41, 5.74) is 1.04. The number of halogens is 2. The molecule has 1 aliphatic heterocycles. The van der Waals surface area contributed by atoms with Crippen LogP contribution in [0.3, 0.4) is 0 Å². The lowest BCUT2D eigenvalue weighted by Crippen LogP contribution is -2.47. The maximum absolute atomic E-state index is 13.9. The van der Waals surface area contributed by atoms with E-state index in [1.807, 2.05) is 17.0 Å². The summed E-state index contributed by atoms with van der Waals surface area (Å²) >= 11 is 5.88. The molecule has 3 rings (SSSR count). The zero-order valence-corrected chi connectivity index (χ0v) is 17.7. The second kappa shape index (κ2) is 10.8. The van der Waals surface area contributed by atoms with Gasteiger partial charge in [0.1, 0.15) is 11.9 Å². The lowest BCUT2D eigenvalue weighted by atomic mass is 10.2. The highest BCUT2D eigenvalue weighted by Crippen LogP contribution is 2.21. The largest absolute Gasteiger partial charge is 0.367 e. The van der Waals surface area contributed by atoms with Crippen LogP contribution < -0.4 is 15.5 Å². The maximum atomic E-state index is 13.9. The van der Waals surface area contributed by atoms with Crippen molar-refractivity contribution in [1.29, 1.82) is 5.26 Å². The van der Waals surface area contributed by atoms with Gasteiger partial charge in [0.15, 0.2) is 0 Å². The fraction of sp³-hybridized carbons (Fsp3) is 0.318. The minimum atomic E-state index is -0.850. The summed E-state index contributed by atoms with van der Waals surface area (Å²) in [6.45, 7) is 4.18. The van der Waals surface area contributed by atoms with Gasteiger partial charge in [-0.05, 0) is 43.3 Å². The minimum Gasteiger partial charge on any atom is -0.367 e. The number of para-hydroxylation sites is 1. The van der Waals surface area contributed by atoms with E-state index in [4.69, 9.17) is 16.9 Å². The standard InChI is InChI=1S/C22H23ClFN5O2/c23-17-7-6-16(15-25)19(14-17)27-22(31)21(30)26-8-3-9-28-10-12-29(13-11-28)20-5-2-1-4-18(20)24/h1-2,4-7,14H,3,8-13H2,(H,26,30)(H,27,31). The molecule has 1 aliphatic rings. The number of anilines is 2. The molecule has 0 unspecified atom stereocenters. The average Bonchev–Trinajstić information content (AvgIpc) is 2.77. The van der Waals surface area contributed by atoms with E-state index in [1.165, 1.54) is 24.3 Å². The molecule has 9 heteroatoms. The summed E-state index contributed by atoms with van der Waals surface area (Å²) in [6, 6.07) is 13.1. The van der Waals surface area contributed by atoms with Gasteiger partial charge in [-0.25, -0.2) is 4.39 Å². The Morgan fingerprint density at radius 2 is 1.84 bits per heavy atom. The van der Waals surface area contributed by atoms with Crippen LogP contribution in [0.4, 0.5) is 15.8 Å². The van der Waals surface area contributed by atoms with Crippen molar-refractivity contribution in [2.75, 3.05) is 49.5 Å². The van der Waals surface area contributed by atoms with E-state index in [0.717, 1.165) is 32.7 Å². The number of nitrogens with zero attached hydrogens (tertiary/aromatic N) is 3. The molecule has 31 heavy (non-hydrogen) atoms. The molecule has 2 aromatic carbocycles. The predicted molar refractivity (Wildman–Crippen MR) is 117 cm³/mol. The summed E-state index contributed by atoms with van der Waals surface area (Å²) in [7, 11) is 0. The van der Waals surface area contributed by atoms with E-state index in [1.54, 1.807) is 12.1 Å². The van der Waals surface area contributed by atoms with E-state index < -0.39 is 11.8 Å². The first-order valence-electron chi connectivity index (χ1n) is 9.98. The molecular formula is C22H23ClFN5O2. The monoisotopic (exact) mass is 443 g/mol. The normalized spacial score (nSPS) is 14.0. The van der Waals surface area contributed by atoms with Crippen LogP contribution in [0.1, 0.15) is 12.0 Å². The molecule has 0 aromatic heterocycles. The quantitative estimate of drug-likeness (QED) is 0.529. The first-order chi connectivity index (χ1) is 15.0. The zero-order valence-electron chi connectivity index (χ0n) is 16.9. The van der Waals surface area contributed by atoms with Crippen LogP contribution in [0.15, 0.2) is 42.5 Å². The van der Waals surface area contributed by atoms with Gasteiger partial charge >= 0.3 is 11.8 Å². The highest BCUT2D eigenvalue weighted by atomic mass is 35.5. The van der Waals surface area contributed by atoms with Gasteiger partial charge in [-0.2, -0.15) is 5.26 Å².